The van der Waals surface area contributed by atoms with Gasteiger partial charge in [-0.05, 0) is 25.0 Å². The number of nitrogens with zero attached hydrogens (tertiary/aromatic N) is 5. The molecule has 1 N–H and O–H groups in total. The van der Waals surface area contributed by atoms with Crippen LogP contribution in [0.3, 0.4) is 0 Å². The number of pyridine rings is 1. The Kier molecular flexibility index (Phi) is 6.22. The van der Waals surface area contributed by atoms with Crippen LogP contribution < -0.4 is 5.32 Å². The van der Waals surface area contributed by atoms with Gasteiger partial charge in [0.15, 0.2) is 6.04 Å². The van der Waals surface area contributed by atoms with Crippen molar-refractivity contribution in [3.8, 4) is 0 Å². The van der Waals surface area contributed by atoms with Gasteiger partial charge >= 0.3 is 5.91 Å². The molecule has 0 spiro atoms. The van der Waals surface area contributed by atoms with Gasteiger partial charge in [-0.25, -0.2) is 27.3 Å². The van der Waals surface area contributed by atoms with Crippen LogP contribution in [0.15, 0.2) is 30.6 Å². The molecule has 12 heteroatoms. The van der Waals surface area contributed by atoms with E-state index >= 15 is 0 Å². The van der Waals surface area contributed by atoms with E-state index in [4.69, 9.17) is 12.4 Å². The molecule has 0 radical (unpaired) electrons. The number of hydrogen-bond acceptors (Lipinski definition) is 5. The maximum atomic E-state index is 13.2. The molecular formula is C20H21F4N6OS+. The lowest BCUT2D eigenvalue weighted by molar-refractivity contribution is -0.448. The summed E-state index contributed by atoms with van der Waals surface area (Å²) in [5.41, 5.74) is -0.618. The molecule has 1 saturated carbocycles. The van der Waals surface area contributed by atoms with Crippen LogP contribution in [0.4, 0.5) is 23.4 Å². The number of aromatic nitrogens is 4. The van der Waals surface area contributed by atoms with E-state index in [1.165, 1.54) is 24.1 Å². The molecule has 3 aromatic rings. The van der Waals surface area contributed by atoms with E-state index in [0.29, 0.717) is 37.1 Å². The minimum atomic E-state index is -2.87. The van der Waals surface area contributed by atoms with Crippen LogP contribution in [-0.4, -0.2) is 41.1 Å². The Bertz CT molecular complexity index is 1150. The van der Waals surface area contributed by atoms with Gasteiger partial charge in [0.25, 0.3) is 25.3 Å². The van der Waals surface area contributed by atoms with Gasteiger partial charge in [0.2, 0.25) is 0 Å². The van der Waals surface area contributed by atoms with Crippen LogP contribution in [0.25, 0.3) is 5.65 Å². The van der Waals surface area contributed by atoms with E-state index in [1.54, 1.807) is 22.6 Å². The molecule has 0 aromatic carbocycles. The first kappa shape index (κ1) is 22.3. The topological polar surface area (TPSA) is 67.2 Å². The van der Waals surface area contributed by atoms with Crippen molar-refractivity contribution in [1.29, 1.82) is 0 Å². The van der Waals surface area contributed by atoms with E-state index < -0.39 is 24.5 Å². The number of hydrogen-bond donors (Lipinski definition) is 1. The zero-order valence-corrected chi connectivity index (χ0v) is 17.9. The summed E-state index contributed by atoms with van der Waals surface area (Å²) in [5, 5.41) is 7.02. The highest BCUT2D eigenvalue weighted by molar-refractivity contribution is 7.44. The number of aryl methyl sites for hydroxylation is 1. The van der Waals surface area contributed by atoms with Gasteiger partial charge in [-0.1, -0.05) is 10.0 Å². The fourth-order valence-electron chi connectivity index (χ4n) is 4.03. The largest absolute Gasteiger partial charge is 0.437 e. The summed E-state index contributed by atoms with van der Waals surface area (Å²) in [6.45, 7) is 0. The lowest BCUT2D eigenvalue weighted by Crippen LogP contribution is -2.37. The number of imidazole rings is 1. The fourth-order valence-corrected chi connectivity index (χ4v) is 4.34. The number of anilines is 1. The Labute approximate surface area is 186 Å². The zero-order valence-electron chi connectivity index (χ0n) is 17.1. The van der Waals surface area contributed by atoms with Crippen LogP contribution in [0.2, 0.25) is 0 Å². The number of fused-ring (bicyclic) bond motifs is 1. The van der Waals surface area contributed by atoms with Crippen molar-refractivity contribution in [1.82, 2.24) is 19.2 Å². The number of rotatable bonds is 6. The molecule has 170 valence electrons. The highest BCUT2D eigenvalue weighted by Gasteiger charge is 2.37. The molecule has 3 heterocycles. The predicted molar refractivity (Wildman–Crippen MR) is 110 cm³/mol. The first-order valence-electron chi connectivity index (χ1n) is 10.1. The van der Waals surface area contributed by atoms with Gasteiger partial charge in [0, 0.05) is 38.3 Å². The number of nitrogens with one attached hydrogen (secondary N) is 1. The van der Waals surface area contributed by atoms with Crippen molar-refractivity contribution >= 4 is 29.8 Å². The van der Waals surface area contributed by atoms with Gasteiger partial charge < -0.3 is 5.32 Å². The van der Waals surface area contributed by atoms with Gasteiger partial charge in [-0.3, -0.25) is 9.08 Å². The molecular weight excluding hydrogens is 448 g/mol. The van der Waals surface area contributed by atoms with Crippen molar-refractivity contribution in [3.05, 3.63) is 47.5 Å². The minimum absolute atomic E-state index is 0.0442. The third kappa shape index (κ3) is 4.36. The Morgan fingerprint density at radius 2 is 1.88 bits per heavy atom. The van der Waals surface area contributed by atoms with Crippen molar-refractivity contribution in [2.45, 2.75) is 50.6 Å². The monoisotopic (exact) mass is 469 g/mol. The standard InChI is InChI=1S/C20H21F4N6OS/c1-28-9-13(17(27-28)19(23)24)20(31)30(32)12-7-5-11(6-8-12)25-15-3-2-4-16-26-14(18(21)22)10-29(15)16/h2-4,9-12,18-19,25H,5-8H2,1H3/q+1. The van der Waals surface area contributed by atoms with Gasteiger partial charge in [0.05, 0.1) is 0 Å². The molecule has 7 nitrogen and oxygen atoms in total. The average Bonchev–Trinajstić information content (AvgIpc) is 3.38. The molecule has 0 bridgehead atoms. The SMILES string of the molecule is Cn1cc(C(=O)[N+](=S)C2CCC(Nc3cccc4nc(C(F)F)cn34)CC2)c(C(F)F)n1. The quantitative estimate of drug-likeness (QED) is 0.432. The van der Waals surface area contributed by atoms with E-state index in [0.717, 1.165) is 3.95 Å². The van der Waals surface area contributed by atoms with Crippen molar-refractivity contribution in [3.63, 3.8) is 0 Å². The maximum absolute atomic E-state index is 13.2. The number of amides is 1. The predicted octanol–water partition coefficient (Wildman–Crippen LogP) is 4.25. The van der Waals surface area contributed by atoms with Gasteiger partial charge in [-0.2, -0.15) is 5.10 Å². The number of alkyl halides is 4. The van der Waals surface area contributed by atoms with E-state index in [-0.39, 0.29) is 23.3 Å². The van der Waals surface area contributed by atoms with E-state index in [2.05, 4.69) is 15.4 Å². The molecule has 32 heavy (non-hydrogen) atoms. The van der Waals surface area contributed by atoms with Crippen molar-refractivity contribution < 1.29 is 26.3 Å². The van der Waals surface area contributed by atoms with Crippen LogP contribution in [0, 0.1) is 0 Å². The summed E-state index contributed by atoms with van der Waals surface area (Å²) in [6.07, 6.45) is -0.436. The Balaban J connectivity index is 1.41. The van der Waals surface area contributed by atoms with Crippen LogP contribution in [-0.2, 0) is 19.5 Å². The van der Waals surface area contributed by atoms with Crippen molar-refractivity contribution in [2.75, 3.05) is 5.32 Å². The van der Waals surface area contributed by atoms with E-state index in [1.807, 2.05) is 0 Å². The lowest BCUT2D eigenvalue weighted by Gasteiger charge is -2.26. The summed E-state index contributed by atoms with van der Waals surface area (Å²) in [6, 6.07) is 4.95. The Morgan fingerprint density at radius 1 is 1.16 bits per heavy atom. The highest BCUT2D eigenvalue weighted by Crippen LogP contribution is 2.28. The van der Waals surface area contributed by atoms with Crippen molar-refractivity contribution in [2.24, 2.45) is 7.05 Å². The first-order chi connectivity index (χ1) is 15.2. The lowest BCUT2D eigenvalue weighted by atomic mass is 9.91. The molecule has 1 aliphatic rings. The summed E-state index contributed by atoms with van der Waals surface area (Å²) in [4.78, 5) is 16.6. The molecule has 1 fully saturated rings. The highest BCUT2D eigenvalue weighted by atomic mass is 32.1. The average molecular weight is 469 g/mol. The third-order valence-electron chi connectivity index (χ3n) is 5.61. The van der Waals surface area contributed by atoms with Crippen LogP contribution >= 0.6 is 0 Å². The second kappa shape index (κ2) is 8.93. The second-order valence-corrected chi connectivity index (χ2v) is 8.18. The van der Waals surface area contributed by atoms with Crippen LogP contribution in [0.1, 0.15) is 60.3 Å². The third-order valence-corrected chi connectivity index (χ3v) is 6.07. The van der Waals surface area contributed by atoms with Gasteiger partial charge in [-0.15, -0.1) is 0 Å². The minimum Gasteiger partial charge on any atom is -0.368 e. The Hall–Kier alpha value is -2.89. The molecule has 0 saturated heterocycles. The summed E-state index contributed by atoms with van der Waals surface area (Å²) in [7, 11) is 1.47. The molecule has 1 aliphatic carbocycles. The number of carbonyl (C=O) groups excluding carboxylic acids is 1. The summed E-state index contributed by atoms with van der Waals surface area (Å²) in [5.74, 6) is -0.00360. The summed E-state index contributed by atoms with van der Waals surface area (Å²) >= 11 is 5.27. The molecule has 0 atom stereocenters. The molecule has 0 unspecified atom stereocenters. The molecule has 4 rings (SSSR count). The van der Waals surface area contributed by atoms with Gasteiger partial charge in [0.1, 0.15) is 28.4 Å². The van der Waals surface area contributed by atoms with Crippen LogP contribution in [0.5, 0.6) is 0 Å². The second-order valence-electron chi connectivity index (χ2n) is 7.79. The smallest absolute Gasteiger partial charge is 0.368 e. The molecule has 0 aliphatic heterocycles. The normalized spacial score (nSPS) is 19.1. The maximum Gasteiger partial charge on any atom is 0.437 e. The number of carbonyl (C=O) groups is 1. The fraction of sp³-hybridized carbons (Fsp3) is 0.450. The molecule has 1 amide bonds. The number of halogens is 4. The zero-order chi connectivity index (χ0) is 23.0. The van der Waals surface area contributed by atoms with E-state index in [9.17, 15) is 22.4 Å². The first-order valence-corrected chi connectivity index (χ1v) is 10.5. The Morgan fingerprint density at radius 3 is 2.53 bits per heavy atom. The molecule has 3 aromatic heterocycles. The summed E-state index contributed by atoms with van der Waals surface area (Å²) < 4.78 is 56.2.